The molecule has 2 heterocycles. The first kappa shape index (κ1) is 13.6. The molecule has 0 saturated heterocycles. The SMILES string of the molecule is [2H]c1n2c(c(C)[n+]1-c1ccccc1C)C(C)(C1CCCCC1)C=C2. The van der Waals surface area contributed by atoms with Gasteiger partial charge in [-0.25, -0.2) is 4.57 Å². The van der Waals surface area contributed by atoms with E-state index < -0.39 is 0 Å². The molecule has 1 unspecified atom stereocenters. The number of aromatic nitrogens is 2. The molecule has 1 saturated carbocycles. The van der Waals surface area contributed by atoms with E-state index in [1.54, 1.807) is 0 Å². The third-order valence-electron chi connectivity index (χ3n) is 6.02. The molecule has 0 radical (unpaired) electrons. The largest absolute Gasteiger partial charge is 0.254 e. The van der Waals surface area contributed by atoms with Crippen molar-refractivity contribution in [2.75, 3.05) is 0 Å². The molecule has 1 atom stereocenters. The lowest BCUT2D eigenvalue weighted by atomic mass is 9.68. The summed E-state index contributed by atoms with van der Waals surface area (Å²) in [6.07, 6.45) is 11.7. The topological polar surface area (TPSA) is 8.81 Å². The summed E-state index contributed by atoms with van der Waals surface area (Å²) in [7, 11) is 0. The Kier molecular flexibility index (Phi) is 3.17. The highest BCUT2D eigenvalue weighted by Crippen LogP contribution is 2.45. The van der Waals surface area contributed by atoms with Crippen molar-refractivity contribution in [3.63, 3.8) is 0 Å². The van der Waals surface area contributed by atoms with Gasteiger partial charge in [-0.2, -0.15) is 4.57 Å². The van der Waals surface area contributed by atoms with Crippen molar-refractivity contribution in [1.82, 2.24) is 4.57 Å². The summed E-state index contributed by atoms with van der Waals surface area (Å²) < 4.78 is 13.0. The van der Waals surface area contributed by atoms with Crippen LogP contribution >= 0.6 is 0 Å². The Bertz CT molecular complexity index is 811. The van der Waals surface area contributed by atoms with Crippen LogP contribution in [0.15, 0.2) is 36.6 Å². The fraction of sp³-hybridized carbons (Fsp3) is 0.476. The Morgan fingerprint density at radius 3 is 2.65 bits per heavy atom. The van der Waals surface area contributed by atoms with Crippen LogP contribution in [0.2, 0.25) is 0 Å². The van der Waals surface area contributed by atoms with E-state index >= 15 is 0 Å². The Morgan fingerprint density at radius 2 is 1.91 bits per heavy atom. The monoisotopic (exact) mass is 308 g/mol. The predicted molar refractivity (Wildman–Crippen MR) is 94.7 cm³/mol. The zero-order valence-corrected chi connectivity index (χ0v) is 14.5. The van der Waals surface area contributed by atoms with Crippen LogP contribution in [0.5, 0.6) is 0 Å². The number of imidazole rings is 1. The third kappa shape index (κ3) is 2.19. The number of allylic oxidation sites excluding steroid dienone is 1. The van der Waals surface area contributed by atoms with Crippen molar-refractivity contribution in [3.8, 4) is 5.69 Å². The van der Waals surface area contributed by atoms with Gasteiger partial charge in [-0.05, 0) is 50.3 Å². The summed E-state index contributed by atoms with van der Waals surface area (Å²) in [5.74, 6) is 0.696. The van der Waals surface area contributed by atoms with Crippen molar-refractivity contribution in [3.05, 3.63) is 53.6 Å². The molecular formula is C21H27N2+. The van der Waals surface area contributed by atoms with Gasteiger partial charge in [0.1, 0.15) is 11.4 Å². The van der Waals surface area contributed by atoms with Gasteiger partial charge in [0.05, 0.1) is 11.6 Å². The number of rotatable bonds is 2. The lowest BCUT2D eigenvalue weighted by molar-refractivity contribution is -0.602. The number of para-hydroxylation sites is 1. The summed E-state index contributed by atoms with van der Waals surface area (Å²) in [5, 5.41) is 0. The molecule has 2 nitrogen and oxygen atoms in total. The molecule has 2 aromatic rings. The average Bonchev–Trinajstić information content (AvgIpc) is 3.07. The number of nitrogens with zero attached hydrogens (tertiary/aromatic N) is 2. The van der Waals surface area contributed by atoms with Crippen LogP contribution in [-0.4, -0.2) is 4.57 Å². The summed E-state index contributed by atoms with van der Waals surface area (Å²) >= 11 is 0. The standard InChI is InChI=1S/C21H27N2/c1-16-9-7-8-12-19(16)23-15-22-14-13-21(3,20(22)17(23)2)18-10-5-4-6-11-18/h7-9,12-15,18H,4-6,10-11H2,1-3H3/q+1/i15D. The molecule has 0 amide bonds. The first-order chi connectivity index (χ1) is 11.5. The average molecular weight is 308 g/mol. The smallest absolute Gasteiger partial charge is 0.205 e. The minimum Gasteiger partial charge on any atom is -0.205 e. The molecule has 2 aliphatic rings. The molecule has 1 aliphatic carbocycles. The van der Waals surface area contributed by atoms with Crippen LogP contribution in [0, 0.1) is 19.8 Å². The minimum absolute atomic E-state index is 0.0637. The van der Waals surface area contributed by atoms with Crippen molar-refractivity contribution in [2.24, 2.45) is 5.92 Å². The number of benzene rings is 1. The number of hydrogen-bond acceptors (Lipinski definition) is 0. The van der Waals surface area contributed by atoms with Gasteiger partial charge < -0.3 is 0 Å². The van der Waals surface area contributed by atoms with Gasteiger partial charge in [0.2, 0.25) is 0 Å². The van der Waals surface area contributed by atoms with E-state index in [0.29, 0.717) is 12.2 Å². The van der Waals surface area contributed by atoms with Crippen molar-refractivity contribution in [1.29, 1.82) is 0 Å². The molecular weight excluding hydrogens is 280 g/mol. The second-order valence-corrected chi connectivity index (χ2v) is 7.46. The second kappa shape index (κ2) is 5.36. The van der Waals surface area contributed by atoms with E-state index in [4.69, 9.17) is 1.37 Å². The van der Waals surface area contributed by atoms with Crippen LogP contribution < -0.4 is 4.57 Å². The van der Waals surface area contributed by atoms with Gasteiger partial charge in [0.25, 0.3) is 6.30 Å². The number of aryl methyl sites for hydroxylation is 1. The molecule has 2 heteroatoms. The third-order valence-corrected chi connectivity index (χ3v) is 6.02. The summed E-state index contributed by atoms with van der Waals surface area (Å²) in [6, 6.07) is 8.37. The van der Waals surface area contributed by atoms with E-state index in [1.165, 1.54) is 49.1 Å². The highest BCUT2D eigenvalue weighted by atomic mass is 15.2. The first-order valence-electron chi connectivity index (χ1n) is 9.43. The zero-order valence-electron chi connectivity index (χ0n) is 15.5. The maximum Gasteiger partial charge on any atom is 0.254 e. The first-order valence-corrected chi connectivity index (χ1v) is 8.93. The summed E-state index contributed by atoms with van der Waals surface area (Å²) in [6.45, 7) is 6.69. The molecule has 0 N–H and O–H groups in total. The Balaban J connectivity index is 1.87. The van der Waals surface area contributed by atoms with Crippen LogP contribution in [0.1, 0.15) is 57.3 Å². The second-order valence-electron chi connectivity index (χ2n) is 7.46. The highest BCUT2D eigenvalue weighted by Gasteiger charge is 2.45. The molecule has 1 fully saturated rings. The summed E-state index contributed by atoms with van der Waals surface area (Å²) in [5.41, 5.74) is 4.94. The number of fused-ring (bicyclic) bond motifs is 1. The van der Waals surface area contributed by atoms with Crippen LogP contribution in [-0.2, 0) is 5.41 Å². The maximum absolute atomic E-state index is 8.75. The fourth-order valence-electron chi connectivity index (χ4n) is 4.66. The van der Waals surface area contributed by atoms with E-state index in [9.17, 15) is 0 Å². The van der Waals surface area contributed by atoms with Crippen molar-refractivity contribution >= 4 is 6.20 Å². The van der Waals surface area contributed by atoms with Gasteiger partial charge in [-0.1, -0.05) is 37.5 Å². The summed E-state index contributed by atoms with van der Waals surface area (Å²) in [4.78, 5) is 0. The van der Waals surface area contributed by atoms with Crippen molar-refractivity contribution < 1.29 is 5.94 Å². The molecule has 1 aromatic carbocycles. The lowest BCUT2D eigenvalue weighted by Gasteiger charge is -2.34. The van der Waals surface area contributed by atoms with Gasteiger partial charge in [0, 0.05) is 6.92 Å². The van der Waals surface area contributed by atoms with E-state index in [-0.39, 0.29) is 5.41 Å². The predicted octanol–water partition coefficient (Wildman–Crippen LogP) is 4.70. The van der Waals surface area contributed by atoms with Crippen molar-refractivity contribution in [2.45, 2.75) is 58.3 Å². The number of hydrogen-bond donors (Lipinski definition) is 0. The molecule has 0 bridgehead atoms. The fourth-order valence-corrected chi connectivity index (χ4v) is 4.66. The maximum atomic E-state index is 8.75. The lowest BCUT2D eigenvalue weighted by Crippen LogP contribution is -2.36. The Hall–Kier alpha value is -1.83. The van der Waals surface area contributed by atoms with Gasteiger partial charge in [-0.3, -0.25) is 0 Å². The Labute approximate surface area is 140 Å². The van der Waals surface area contributed by atoms with E-state index in [2.05, 4.69) is 66.4 Å². The highest BCUT2D eigenvalue weighted by molar-refractivity contribution is 5.47. The normalized spacial score (nSPS) is 24.7. The van der Waals surface area contributed by atoms with Crippen LogP contribution in [0.4, 0.5) is 0 Å². The Morgan fingerprint density at radius 1 is 1.17 bits per heavy atom. The van der Waals surface area contributed by atoms with Gasteiger partial charge >= 0.3 is 0 Å². The molecule has 0 spiro atoms. The van der Waals surface area contributed by atoms with Crippen LogP contribution in [0.3, 0.4) is 0 Å². The van der Waals surface area contributed by atoms with E-state index in [0.717, 1.165) is 5.69 Å². The van der Waals surface area contributed by atoms with Crippen LogP contribution in [0.25, 0.3) is 11.9 Å². The molecule has 1 aliphatic heterocycles. The molecule has 23 heavy (non-hydrogen) atoms. The minimum atomic E-state index is 0.0637. The molecule has 1 aromatic heterocycles. The van der Waals surface area contributed by atoms with Gasteiger partial charge in [-0.15, -0.1) is 0 Å². The van der Waals surface area contributed by atoms with E-state index in [1.807, 2.05) is 0 Å². The quantitative estimate of drug-likeness (QED) is 0.711. The molecule has 120 valence electrons. The molecule has 4 rings (SSSR count). The van der Waals surface area contributed by atoms with Gasteiger partial charge in [0.15, 0.2) is 7.06 Å². The zero-order chi connectivity index (χ0) is 16.9.